The number of hydrogen-bond acceptors (Lipinski definition) is 3. The number of ether oxygens (including phenoxy) is 1. The van der Waals surface area contributed by atoms with Crippen molar-refractivity contribution >= 4 is 12.0 Å². The molecule has 2 N–H and O–H groups in total. The van der Waals surface area contributed by atoms with Crippen molar-refractivity contribution in [1.82, 2.24) is 10.2 Å². The minimum absolute atomic E-state index is 0.304. The van der Waals surface area contributed by atoms with E-state index in [1.807, 2.05) is 27.7 Å². The summed E-state index contributed by atoms with van der Waals surface area (Å²) in [6.07, 6.45) is 1.48. The van der Waals surface area contributed by atoms with E-state index in [2.05, 4.69) is 5.32 Å². The predicted molar refractivity (Wildman–Crippen MR) is 71.1 cm³/mol. The van der Waals surface area contributed by atoms with Gasteiger partial charge in [0.25, 0.3) is 0 Å². The molecule has 0 aliphatic carbocycles. The first kappa shape index (κ1) is 15.8. The lowest BCUT2D eigenvalue weighted by Crippen LogP contribution is -2.59. The molecule has 1 rings (SSSR count). The summed E-state index contributed by atoms with van der Waals surface area (Å²) in [4.78, 5) is 24.5. The highest BCUT2D eigenvalue weighted by Crippen LogP contribution is 2.21. The Hall–Kier alpha value is -1.30. The van der Waals surface area contributed by atoms with Gasteiger partial charge in [-0.05, 0) is 40.5 Å². The molecule has 0 saturated carbocycles. The standard InChI is InChI=1S/C13H24N2O4/c1-12(2,3)15(9-10(16)17)11(18)14-13(4)5-7-19-8-6-13/h5-9H2,1-4H3,(H,14,18)(H,16,17). The maximum Gasteiger partial charge on any atom is 0.323 e. The molecule has 0 aromatic carbocycles. The molecule has 6 nitrogen and oxygen atoms in total. The molecule has 110 valence electrons. The zero-order valence-electron chi connectivity index (χ0n) is 12.2. The Labute approximate surface area is 114 Å². The lowest BCUT2D eigenvalue weighted by atomic mass is 9.92. The van der Waals surface area contributed by atoms with E-state index in [0.717, 1.165) is 12.8 Å². The first-order valence-electron chi connectivity index (χ1n) is 6.53. The Morgan fingerprint density at radius 1 is 1.32 bits per heavy atom. The van der Waals surface area contributed by atoms with E-state index in [1.54, 1.807) is 0 Å². The number of nitrogens with one attached hydrogen (secondary N) is 1. The summed E-state index contributed by atoms with van der Waals surface area (Å²) in [5.41, 5.74) is -0.860. The van der Waals surface area contributed by atoms with E-state index < -0.39 is 11.5 Å². The van der Waals surface area contributed by atoms with Crippen LogP contribution in [-0.2, 0) is 9.53 Å². The van der Waals surface area contributed by atoms with E-state index in [9.17, 15) is 9.59 Å². The molecule has 0 spiro atoms. The quantitative estimate of drug-likeness (QED) is 0.815. The molecule has 0 aromatic heterocycles. The van der Waals surface area contributed by atoms with Crippen molar-refractivity contribution in [1.29, 1.82) is 0 Å². The van der Waals surface area contributed by atoms with Crippen molar-refractivity contribution in [3.63, 3.8) is 0 Å². The van der Waals surface area contributed by atoms with Crippen LogP contribution in [0.15, 0.2) is 0 Å². The van der Waals surface area contributed by atoms with Gasteiger partial charge in [0.2, 0.25) is 0 Å². The largest absolute Gasteiger partial charge is 0.480 e. The summed E-state index contributed by atoms with van der Waals surface area (Å²) >= 11 is 0. The Morgan fingerprint density at radius 2 is 1.84 bits per heavy atom. The number of carbonyl (C=O) groups excluding carboxylic acids is 1. The summed E-state index contributed by atoms with van der Waals surface area (Å²) < 4.78 is 5.28. The summed E-state index contributed by atoms with van der Waals surface area (Å²) in [5, 5.41) is 11.9. The minimum Gasteiger partial charge on any atom is -0.480 e. The number of amides is 2. The van der Waals surface area contributed by atoms with E-state index >= 15 is 0 Å². The molecular weight excluding hydrogens is 248 g/mol. The molecule has 0 bridgehead atoms. The highest BCUT2D eigenvalue weighted by molar-refractivity contribution is 5.81. The van der Waals surface area contributed by atoms with Crippen molar-refractivity contribution in [3.8, 4) is 0 Å². The number of carbonyl (C=O) groups is 2. The topological polar surface area (TPSA) is 78.9 Å². The minimum atomic E-state index is -1.01. The van der Waals surface area contributed by atoms with Crippen LogP contribution in [-0.4, -0.2) is 52.8 Å². The second-order valence-electron chi connectivity index (χ2n) is 6.25. The van der Waals surface area contributed by atoms with Gasteiger partial charge in [0.1, 0.15) is 6.54 Å². The van der Waals surface area contributed by atoms with Crippen LogP contribution in [0.4, 0.5) is 4.79 Å². The Bertz CT molecular complexity index is 343. The number of rotatable bonds is 3. The van der Waals surface area contributed by atoms with E-state index in [0.29, 0.717) is 13.2 Å². The molecule has 0 unspecified atom stereocenters. The van der Waals surface area contributed by atoms with Gasteiger partial charge in [-0.25, -0.2) is 4.79 Å². The van der Waals surface area contributed by atoms with Gasteiger partial charge in [-0.1, -0.05) is 0 Å². The summed E-state index contributed by atoms with van der Waals surface area (Å²) in [5.74, 6) is -1.01. The van der Waals surface area contributed by atoms with Gasteiger partial charge in [0.15, 0.2) is 0 Å². The number of aliphatic carboxylic acids is 1. The maximum atomic E-state index is 12.3. The van der Waals surface area contributed by atoms with Crippen LogP contribution in [0.25, 0.3) is 0 Å². The van der Waals surface area contributed by atoms with Crippen molar-refractivity contribution in [2.75, 3.05) is 19.8 Å². The van der Waals surface area contributed by atoms with Gasteiger partial charge < -0.3 is 20.1 Å². The van der Waals surface area contributed by atoms with E-state index in [-0.39, 0.29) is 18.1 Å². The molecule has 0 atom stereocenters. The number of urea groups is 1. The number of carboxylic acid groups (broad SMARTS) is 1. The van der Waals surface area contributed by atoms with Gasteiger partial charge in [-0.2, -0.15) is 0 Å². The fourth-order valence-electron chi connectivity index (χ4n) is 2.02. The first-order valence-corrected chi connectivity index (χ1v) is 6.53. The second-order valence-corrected chi connectivity index (χ2v) is 6.25. The van der Waals surface area contributed by atoms with Gasteiger partial charge in [0.05, 0.1) is 0 Å². The van der Waals surface area contributed by atoms with Crippen LogP contribution in [0.1, 0.15) is 40.5 Å². The average Bonchev–Trinajstić information content (AvgIpc) is 2.24. The Kier molecular flexibility index (Phi) is 4.79. The smallest absolute Gasteiger partial charge is 0.323 e. The zero-order valence-corrected chi connectivity index (χ0v) is 12.2. The monoisotopic (exact) mass is 272 g/mol. The molecule has 0 aromatic rings. The van der Waals surface area contributed by atoms with E-state index in [1.165, 1.54) is 4.90 Å². The average molecular weight is 272 g/mol. The lowest BCUT2D eigenvalue weighted by Gasteiger charge is -2.40. The second kappa shape index (κ2) is 5.77. The molecule has 1 saturated heterocycles. The van der Waals surface area contributed by atoms with Crippen molar-refractivity contribution in [2.45, 2.75) is 51.6 Å². The predicted octanol–water partition coefficient (Wildman–Crippen LogP) is 1.45. The SMILES string of the molecule is CC1(NC(=O)N(CC(=O)O)C(C)(C)C)CCOCC1. The number of nitrogens with zero attached hydrogens (tertiary/aromatic N) is 1. The molecule has 6 heteroatoms. The van der Waals surface area contributed by atoms with Crippen molar-refractivity contribution in [2.24, 2.45) is 0 Å². The highest BCUT2D eigenvalue weighted by atomic mass is 16.5. The van der Waals surface area contributed by atoms with Gasteiger partial charge in [-0.15, -0.1) is 0 Å². The third-order valence-electron chi connectivity index (χ3n) is 3.35. The van der Waals surface area contributed by atoms with E-state index in [4.69, 9.17) is 9.84 Å². The molecule has 19 heavy (non-hydrogen) atoms. The van der Waals surface area contributed by atoms with Crippen LogP contribution < -0.4 is 5.32 Å². The van der Waals surface area contributed by atoms with Crippen LogP contribution >= 0.6 is 0 Å². The number of carboxylic acids is 1. The van der Waals surface area contributed by atoms with Crippen LogP contribution in [0, 0.1) is 0 Å². The fraction of sp³-hybridized carbons (Fsp3) is 0.846. The molecule has 2 amide bonds. The molecular formula is C13H24N2O4. The van der Waals surface area contributed by atoms with Crippen molar-refractivity contribution < 1.29 is 19.4 Å². The third-order valence-corrected chi connectivity index (χ3v) is 3.35. The Morgan fingerprint density at radius 3 is 2.26 bits per heavy atom. The normalized spacial score (nSPS) is 18.7. The molecule has 1 fully saturated rings. The molecule has 1 aliphatic heterocycles. The van der Waals surface area contributed by atoms with Gasteiger partial charge in [0, 0.05) is 24.3 Å². The van der Waals surface area contributed by atoms with Crippen LogP contribution in [0.2, 0.25) is 0 Å². The molecule has 1 heterocycles. The molecule has 0 radical (unpaired) electrons. The fourth-order valence-corrected chi connectivity index (χ4v) is 2.02. The Balaban J connectivity index is 2.74. The third kappa shape index (κ3) is 4.70. The maximum absolute atomic E-state index is 12.3. The van der Waals surface area contributed by atoms with Crippen molar-refractivity contribution in [3.05, 3.63) is 0 Å². The highest BCUT2D eigenvalue weighted by Gasteiger charge is 2.34. The summed E-state index contributed by atoms with van der Waals surface area (Å²) in [7, 11) is 0. The van der Waals surface area contributed by atoms with Gasteiger partial charge in [-0.3, -0.25) is 4.79 Å². The van der Waals surface area contributed by atoms with Crippen LogP contribution in [0.5, 0.6) is 0 Å². The lowest BCUT2D eigenvalue weighted by molar-refractivity contribution is -0.138. The van der Waals surface area contributed by atoms with Crippen LogP contribution in [0.3, 0.4) is 0 Å². The summed E-state index contributed by atoms with van der Waals surface area (Å²) in [6.45, 7) is 8.36. The van der Waals surface area contributed by atoms with Gasteiger partial charge >= 0.3 is 12.0 Å². The summed E-state index contributed by atoms with van der Waals surface area (Å²) in [6, 6.07) is -0.334. The number of hydrogen-bond donors (Lipinski definition) is 2. The molecule has 1 aliphatic rings. The zero-order chi connectivity index (χ0) is 14.7. The first-order chi connectivity index (χ1) is 8.64.